The fourth-order valence-electron chi connectivity index (χ4n) is 2.50. The van der Waals surface area contributed by atoms with Gasteiger partial charge < -0.3 is 0 Å². The molecule has 19 heavy (non-hydrogen) atoms. The van der Waals surface area contributed by atoms with Gasteiger partial charge in [0.25, 0.3) is 0 Å². The highest BCUT2D eigenvalue weighted by atomic mass is 32.1. The summed E-state index contributed by atoms with van der Waals surface area (Å²) in [6.07, 6.45) is 1.01. The maximum absolute atomic E-state index is 4.35. The van der Waals surface area contributed by atoms with Gasteiger partial charge in [-0.2, -0.15) is 12.6 Å². The summed E-state index contributed by atoms with van der Waals surface area (Å²) >= 11 is 4.35. The molecule has 0 aliphatic carbocycles. The summed E-state index contributed by atoms with van der Waals surface area (Å²) in [6, 6.07) is 23.8. The number of fused-ring (bicyclic) bond motifs is 1. The van der Waals surface area contributed by atoms with E-state index in [1.54, 1.807) is 0 Å². The lowest BCUT2D eigenvalue weighted by atomic mass is 9.96. The Labute approximate surface area is 119 Å². The molecule has 0 radical (unpaired) electrons. The van der Waals surface area contributed by atoms with Crippen LogP contribution in [0.3, 0.4) is 0 Å². The third-order valence-corrected chi connectivity index (χ3v) is 3.68. The monoisotopic (exact) mass is 264 g/mol. The fraction of sp³-hybridized carbons (Fsp3) is 0.111. The molecule has 0 atom stereocenters. The van der Waals surface area contributed by atoms with Gasteiger partial charge in [0.15, 0.2) is 0 Å². The molecule has 3 aromatic carbocycles. The quantitative estimate of drug-likeness (QED) is 0.634. The van der Waals surface area contributed by atoms with Crippen LogP contribution in [0.5, 0.6) is 0 Å². The van der Waals surface area contributed by atoms with Crippen molar-refractivity contribution in [2.45, 2.75) is 6.42 Å². The highest BCUT2D eigenvalue weighted by molar-refractivity contribution is 7.80. The van der Waals surface area contributed by atoms with Crippen molar-refractivity contribution < 1.29 is 0 Å². The summed E-state index contributed by atoms with van der Waals surface area (Å²) in [5.74, 6) is 0.880. The van der Waals surface area contributed by atoms with Crippen LogP contribution in [0.2, 0.25) is 0 Å². The molecule has 0 bridgehead atoms. The van der Waals surface area contributed by atoms with E-state index in [2.05, 4.69) is 79.4 Å². The molecular weight excluding hydrogens is 248 g/mol. The summed E-state index contributed by atoms with van der Waals surface area (Å²) < 4.78 is 0. The molecule has 94 valence electrons. The summed E-state index contributed by atoms with van der Waals surface area (Å²) in [7, 11) is 0. The van der Waals surface area contributed by atoms with E-state index in [0.717, 1.165) is 12.2 Å². The van der Waals surface area contributed by atoms with Crippen molar-refractivity contribution >= 4 is 23.4 Å². The predicted octanol–water partition coefficient (Wildman–Crippen LogP) is 4.98. The van der Waals surface area contributed by atoms with Crippen molar-refractivity contribution in [3.63, 3.8) is 0 Å². The van der Waals surface area contributed by atoms with E-state index >= 15 is 0 Å². The van der Waals surface area contributed by atoms with Crippen LogP contribution in [0.25, 0.3) is 21.9 Å². The first-order chi connectivity index (χ1) is 9.38. The zero-order valence-electron chi connectivity index (χ0n) is 10.7. The first-order valence-corrected chi connectivity index (χ1v) is 7.19. The molecule has 0 heterocycles. The molecule has 0 fully saturated rings. The van der Waals surface area contributed by atoms with Gasteiger partial charge in [-0.3, -0.25) is 0 Å². The average molecular weight is 264 g/mol. The largest absolute Gasteiger partial charge is 0.179 e. The minimum atomic E-state index is 0.880. The van der Waals surface area contributed by atoms with Crippen LogP contribution in [0.1, 0.15) is 5.56 Å². The third kappa shape index (κ3) is 2.52. The number of aryl methyl sites for hydroxylation is 1. The van der Waals surface area contributed by atoms with E-state index < -0.39 is 0 Å². The summed E-state index contributed by atoms with van der Waals surface area (Å²) in [5, 5.41) is 2.58. The van der Waals surface area contributed by atoms with Crippen molar-refractivity contribution in [3.8, 4) is 11.1 Å². The summed E-state index contributed by atoms with van der Waals surface area (Å²) in [5.41, 5.74) is 3.98. The molecule has 0 amide bonds. The lowest BCUT2D eigenvalue weighted by Gasteiger charge is -2.09. The van der Waals surface area contributed by atoms with E-state index in [0.29, 0.717) is 0 Å². The van der Waals surface area contributed by atoms with E-state index in [1.807, 2.05) is 0 Å². The molecule has 0 unspecified atom stereocenters. The molecule has 0 nitrogen and oxygen atoms in total. The summed E-state index contributed by atoms with van der Waals surface area (Å²) in [6.45, 7) is 0. The van der Waals surface area contributed by atoms with Gasteiger partial charge in [0.1, 0.15) is 0 Å². The second-order valence-electron chi connectivity index (χ2n) is 4.69. The first kappa shape index (κ1) is 12.3. The van der Waals surface area contributed by atoms with Gasteiger partial charge >= 0.3 is 0 Å². The topological polar surface area (TPSA) is 0 Å². The molecule has 0 aliphatic heterocycles. The van der Waals surface area contributed by atoms with Crippen LogP contribution in [0, 0.1) is 0 Å². The zero-order chi connectivity index (χ0) is 13.1. The standard InChI is InChI=1S/C18H16S/c19-12-11-15-6-3-4-8-18(15)17-10-9-14-5-1-2-7-16(14)13-17/h1-10,13,19H,11-12H2. The highest BCUT2D eigenvalue weighted by Crippen LogP contribution is 2.27. The molecule has 3 rings (SSSR count). The summed E-state index contributed by atoms with van der Waals surface area (Å²) in [4.78, 5) is 0. The van der Waals surface area contributed by atoms with Crippen LogP contribution < -0.4 is 0 Å². The van der Waals surface area contributed by atoms with Crippen molar-refractivity contribution in [1.29, 1.82) is 0 Å². The normalized spacial score (nSPS) is 10.8. The van der Waals surface area contributed by atoms with E-state index in [9.17, 15) is 0 Å². The molecular formula is C18H16S. The van der Waals surface area contributed by atoms with Gasteiger partial charge in [-0.25, -0.2) is 0 Å². The maximum Gasteiger partial charge on any atom is -0.00571 e. The van der Waals surface area contributed by atoms with Crippen LogP contribution >= 0.6 is 12.6 Å². The van der Waals surface area contributed by atoms with Crippen molar-refractivity contribution in [2.75, 3.05) is 5.75 Å². The number of hydrogen-bond acceptors (Lipinski definition) is 1. The third-order valence-electron chi connectivity index (χ3n) is 3.46. The van der Waals surface area contributed by atoms with E-state index in [4.69, 9.17) is 0 Å². The Balaban J connectivity index is 2.13. The van der Waals surface area contributed by atoms with Gasteiger partial charge in [-0.15, -0.1) is 0 Å². The number of thiol groups is 1. The minimum absolute atomic E-state index is 0.880. The molecule has 3 aromatic rings. The van der Waals surface area contributed by atoms with E-state index in [1.165, 1.54) is 27.5 Å². The molecule has 0 spiro atoms. The Morgan fingerprint density at radius 3 is 2.32 bits per heavy atom. The van der Waals surface area contributed by atoms with Crippen molar-refractivity contribution in [2.24, 2.45) is 0 Å². The number of benzene rings is 3. The van der Waals surface area contributed by atoms with Gasteiger partial charge in [0, 0.05) is 0 Å². The van der Waals surface area contributed by atoms with Crippen LogP contribution in [0.4, 0.5) is 0 Å². The Morgan fingerprint density at radius 1 is 0.737 bits per heavy atom. The zero-order valence-corrected chi connectivity index (χ0v) is 11.6. The van der Waals surface area contributed by atoms with Crippen LogP contribution in [-0.2, 0) is 6.42 Å². The second-order valence-corrected chi connectivity index (χ2v) is 5.14. The lowest BCUT2D eigenvalue weighted by Crippen LogP contribution is -1.91. The van der Waals surface area contributed by atoms with Gasteiger partial charge in [-0.05, 0) is 45.7 Å². The number of rotatable bonds is 3. The smallest absolute Gasteiger partial charge is 0.00571 e. The first-order valence-electron chi connectivity index (χ1n) is 6.56. The van der Waals surface area contributed by atoms with Crippen molar-refractivity contribution in [3.05, 3.63) is 72.3 Å². The highest BCUT2D eigenvalue weighted by Gasteiger charge is 2.04. The van der Waals surface area contributed by atoms with Gasteiger partial charge in [0.05, 0.1) is 0 Å². The lowest BCUT2D eigenvalue weighted by molar-refractivity contribution is 1.17. The van der Waals surface area contributed by atoms with Crippen LogP contribution in [-0.4, -0.2) is 5.75 Å². The average Bonchev–Trinajstić information content (AvgIpc) is 2.48. The molecule has 0 aromatic heterocycles. The minimum Gasteiger partial charge on any atom is -0.179 e. The fourth-order valence-corrected chi connectivity index (χ4v) is 2.74. The Morgan fingerprint density at radius 2 is 1.47 bits per heavy atom. The van der Waals surface area contributed by atoms with Crippen LogP contribution in [0.15, 0.2) is 66.7 Å². The molecule has 0 aliphatic rings. The maximum atomic E-state index is 4.35. The Hall–Kier alpha value is -1.73. The van der Waals surface area contributed by atoms with Gasteiger partial charge in [-0.1, -0.05) is 60.7 Å². The molecule has 0 saturated carbocycles. The number of hydrogen-bond donors (Lipinski definition) is 1. The Kier molecular flexibility index (Phi) is 3.56. The predicted molar refractivity (Wildman–Crippen MR) is 86.9 cm³/mol. The molecule has 0 saturated heterocycles. The van der Waals surface area contributed by atoms with E-state index in [-0.39, 0.29) is 0 Å². The van der Waals surface area contributed by atoms with Gasteiger partial charge in [0.2, 0.25) is 0 Å². The molecule has 1 heteroatoms. The second kappa shape index (κ2) is 5.50. The molecule has 0 N–H and O–H groups in total. The van der Waals surface area contributed by atoms with Crippen molar-refractivity contribution in [1.82, 2.24) is 0 Å². The Bertz CT molecular complexity index is 701. The SMILES string of the molecule is SCCc1ccccc1-c1ccc2ccccc2c1.